The van der Waals surface area contributed by atoms with E-state index in [0.717, 1.165) is 32.4 Å². The van der Waals surface area contributed by atoms with Crippen molar-refractivity contribution in [1.82, 2.24) is 14.7 Å². The molecule has 0 aliphatic carbocycles. The van der Waals surface area contributed by atoms with Crippen molar-refractivity contribution in [3.63, 3.8) is 0 Å². The number of nitrogens with zero attached hydrogens (tertiary/aromatic N) is 3. The van der Waals surface area contributed by atoms with E-state index in [1.54, 1.807) is 18.1 Å². The minimum Gasteiger partial charge on any atom is -0.497 e. The molecule has 0 N–H and O–H groups in total. The largest absolute Gasteiger partial charge is 0.497 e. The van der Waals surface area contributed by atoms with Gasteiger partial charge in [0.2, 0.25) is 5.91 Å². The van der Waals surface area contributed by atoms with Gasteiger partial charge in [-0.3, -0.25) is 14.5 Å². The number of methoxy groups -OCH3 is 1. The number of amides is 2. The number of carbonyl (C=O) groups is 2. The first-order chi connectivity index (χ1) is 12.9. The molecule has 6 nitrogen and oxygen atoms in total. The van der Waals surface area contributed by atoms with Crippen molar-refractivity contribution in [2.75, 3.05) is 47.4 Å². The Morgan fingerprint density at radius 1 is 1.22 bits per heavy atom. The molecule has 0 aromatic heterocycles. The van der Waals surface area contributed by atoms with Crippen LogP contribution in [0, 0.1) is 5.41 Å². The molecule has 2 atom stereocenters. The molecule has 27 heavy (non-hydrogen) atoms. The van der Waals surface area contributed by atoms with Crippen LogP contribution in [0.3, 0.4) is 0 Å². The average molecular weight is 373 g/mol. The van der Waals surface area contributed by atoms with Gasteiger partial charge in [-0.25, -0.2) is 0 Å². The van der Waals surface area contributed by atoms with E-state index in [4.69, 9.17) is 4.74 Å². The monoisotopic (exact) mass is 373 g/mol. The predicted octanol–water partition coefficient (Wildman–Crippen LogP) is 2.10. The number of benzene rings is 1. The fourth-order valence-corrected chi connectivity index (χ4v) is 4.81. The molecule has 3 rings (SSSR count). The Morgan fingerprint density at radius 2 is 1.96 bits per heavy atom. The Labute approximate surface area is 162 Å². The third kappa shape index (κ3) is 3.55. The van der Waals surface area contributed by atoms with Crippen molar-refractivity contribution < 1.29 is 14.3 Å². The molecular formula is C21H31N3O3. The minimum absolute atomic E-state index is 0.0179. The summed E-state index contributed by atoms with van der Waals surface area (Å²) in [4.78, 5) is 32.2. The molecule has 2 amide bonds. The van der Waals surface area contributed by atoms with E-state index in [2.05, 4.69) is 11.8 Å². The van der Waals surface area contributed by atoms with Gasteiger partial charge in [0.1, 0.15) is 5.75 Å². The van der Waals surface area contributed by atoms with Gasteiger partial charge in [-0.05, 0) is 50.6 Å². The van der Waals surface area contributed by atoms with Gasteiger partial charge in [0.25, 0.3) is 5.91 Å². The first-order valence-electron chi connectivity index (χ1n) is 9.82. The lowest BCUT2D eigenvalue weighted by Crippen LogP contribution is -2.49. The number of rotatable bonds is 4. The second-order valence-electron chi connectivity index (χ2n) is 7.81. The molecule has 2 aliphatic rings. The van der Waals surface area contributed by atoms with Crippen molar-refractivity contribution in [2.45, 2.75) is 32.2 Å². The second kappa shape index (κ2) is 7.89. The normalized spacial score (nSPS) is 25.6. The zero-order valence-corrected chi connectivity index (χ0v) is 16.9. The second-order valence-corrected chi connectivity index (χ2v) is 7.81. The zero-order valence-electron chi connectivity index (χ0n) is 16.9. The summed E-state index contributed by atoms with van der Waals surface area (Å²) in [6.45, 7) is 5.35. The van der Waals surface area contributed by atoms with Crippen LogP contribution in [0.1, 0.15) is 36.5 Å². The summed E-state index contributed by atoms with van der Waals surface area (Å²) in [7, 11) is 5.28. The van der Waals surface area contributed by atoms with Crippen molar-refractivity contribution in [2.24, 2.45) is 5.41 Å². The van der Waals surface area contributed by atoms with E-state index in [1.807, 2.05) is 37.2 Å². The van der Waals surface area contributed by atoms with Crippen LogP contribution < -0.4 is 4.74 Å². The number of hydrogen-bond acceptors (Lipinski definition) is 4. The van der Waals surface area contributed by atoms with Crippen LogP contribution >= 0.6 is 0 Å². The first-order valence-corrected chi connectivity index (χ1v) is 9.82. The Kier molecular flexibility index (Phi) is 5.75. The van der Waals surface area contributed by atoms with Crippen LogP contribution in [0.5, 0.6) is 5.75 Å². The van der Waals surface area contributed by atoms with Crippen LogP contribution in [0.15, 0.2) is 24.3 Å². The molecule has 2 saturated heterocycles. The fraction of sp³-hybridized carbons (Fsp3) is 0.619. The third-order valence-electron chi connectivity index (χ3n) is 6.27. The third-order valence-corrected chi connectivity index (χ3v) is 6.27. The van der Waals surface area contributed by atoms with Gasteiger partial charge < -0.3 is 14.5 Å². The number of likely N-dealkylation sites (tertiary alicyclic amines) is 2. The van der Waals surface area contributed by atoms with Crippen LogP contribution in [-0.2, 0) is 4.79 Å². The standard InChI is InChI=1S/C21H31N3O3/c1-5-23-13-10-21(20(26)22(2)3)11-14-24(12-9-18(21)23)19(25)16-7-6-8-17(15-16)27-4/h6-8,15,18H,5,9-14H2,1-4H3/t18-,21-/m1/s1. The molecule has 2 fully saturated rings. The summed E-state index contributed by atoms with van der Waals surface area (Å²) in [5.74, 6) is 0.910. The van der Waals surface area contributed by atoms with E-state index >= 15 is 0 Å². The van der Waals surface area contributed by atoms with Crippen molar-refractivity contribution in [3.05, 3.63) is 29.8 Å². The van der Waals surface area contributed by atoms with Gasteiger partial charge in [0, 0.05) is 38.8 Å². The highest BCUT2D eigenvalue weighted by atomic mass is 16.5. The molecule has 2 aliphatic heterocycles. The van der Waals surface area contributed by atoms with Crippen molar-refractivity contribution >= 4 is 11.8 Å². The Balaban J connectivity index is 1.84. The molecule has 0 radical (unpaired) electrons. The van der Waals surface area contributed by atoms with Gasteiger partial charge >= 0.3 is 0 Å². The van der Waals surface area contributed by atoms with Crippen LogP contribution in [0.2, 0.25) is 0 Å². The van der Waals surface area contributed by atoms with Crippen LogP contribution in [0.4, 0.5) is 0 Å². The quantitative estimate of drug-likeness (QED) is 0.811. The topological polar surface area (TPSA) is 53.1 Å². The highest BCUT2D eigenvalue weighted by Crippen LogP contribution is 2.44. The molecule has 2 heterocycles. The van der Waals surface area contributed by atoms with Gasteiger partial charge in [0.15, 0.2) is 0 Å². The number of hydrogen-bond donors (Lipinski definition) is 0. The van der Waals surface area contributed by atoms with Crippen molar-refractivity contribution in [3.8, 4) is 5.75 Å². The lowest BCUT2D eigenvalue weighted by atomic mass is 9.75. The molecule has 1 aromatic rings. The maximum Gasteiger partial charge on any atom is 0.253 e. The smallest absolute Gasteiger partial charge is 0.253 e. The van der Waals surface area contributed by atoms with Crippen molar-refractivity contribution in [1.29, 1.82) is 0 Å². The summed E-state index contributed by atoms with van der Waals surface area (Å²) in [6.07, 6.45) is 2.44. The molecule has 0 unspecified atom stereocenters. The molecule has 0 spiro atoms. The summed E-state index contributed by atoms with van der Waals surface area (Å²) < 4.78 is 5.25. The molecule has 1 aromatic carbocycles. The lowest BCUT2D eigenvalue weighted by Gasteiger charge is -2.37. The molecule has 0 bridgehead atoms. The van der Waals surface area contributed by atoms with E-state index in [9.17, 15) is 9.59 Å². The lowest BCUT2D eigenvalue weighted by molar-refractivity contribution is -0.141. The van der Waals surface area contributed by atoms with E-state index in [0.29, 0.717) is 24.4 Å². The highest BCUT2D eigenvalue weighted by Gasteiger charge is 2.53. The Morgan fingerprint density at radius 3 is 2.63 bits per heavy atom. The Hall–Kier alpha value is -2.08. The maximum atomic E-state index is 13.1. The molecular weight excluding hydrogens is 342 g/mol. The van der Waals surface area contributed by atoms with E-state index < -0.39 is 0 Å². The first kappa shape index (κ1) is 19.7. The summed E-state index contributed by atoms with van der Waals surface area (Å²) in [6, 6.07) is 7.51. The Bertz CT molecular complexity index is 706. The van der Waals surface area contributed by atoms with Crippen LogP contribution in [-0.4, -0.2) is 79.9 Å². The number of ether oxygens (including phenoxy) is 1. The summed E-state index contributed by atoms with van der Waals surface area (Å²) in [5, 5.41) is 0. The molecule has 0 saturated carbocycles. The van der Waals surface area contributed by atoms with Crippen LogP contribution in [0.25, 0.3) is 0 Å². The number of fused-ring (bicyclic) bond motifs is 1. The van der Waals surface area contributed by atoms with Gasteiger partial charge in [0.05, 0.1) is 12.5 Å². The van der Waals surface area contributed by atoms with Gasteiger partial charge in [-0.15, -0.1) is 0 Å². The van der Waals surface area contributed by atoms with E-state index in [-0.39, 0.29) is 23.3 Å². The maximum absolute atomic E-state index is 13.1. The fourth-order valence-electron chi connectivity index (χ4n) is 4.81. The van der Waals surface area contributed by atoms with E-state index in [1.165, 1.54) is 0 Å². The summed E-state index contributed by atoms with van der Waals surface area (Å²) in [5.41, 5.74) is 0.268. The molecule has 148 valence electrons. The highest BCUT2D eigenvalue weighted by molar-refractivity contribution is 5.94. The summed E-state index contributed by atoms with van der Waals surface area (Å²) >= 11 is 0. The SMILES string of the molecule is CCN1CC[C@@]2(C(=O)N(C)C)CCN(C(=O)c3cccc(OC)c3)CC[C@@H]12. The van der Waals surface area contributed by atoms with Gasteiger partial charge in [-0.2, -0.15) is 0 Å². The number of carbonyl (C=O) groups excluding carboxylic acids is 2. The average Bonchev–Trinajstić information content (AvgIpc) is 2.94. The minimum atomic E-state index is -0.372. The predicted molar refractivity (Wildman–Crippen MR) is 105 cm³/mol. The molecule has 6 heteroatoms. The van der Waals surface area contributed by atoms with Gasteiger partial charge in [-0.1, -0.05) is 13.0 Å². The zero-order chi connectivity index (χ0) is 19.6.